The van der Waals surface area contributed by atoms with Gasteiger partial charge < -0.3 is 19.9 Å². The fourth-order valence-electron chi connectivity index (χ4n) is 5.35. The minimum atomic E-state index is -0.257. The molecule has 2 N–H and O–H groups in total. The van der Waals surface area contributed by atoms with E-state index in [2.05, 4.69) is 19.1 Å². The molecule has 1 aromatic carbocycles. The van der Waals surface area contributed by atoms with Crippen molar-refractivity contribution in [1.82, 2.24) is 0 Å². The summed E-state index contributed by atoms with van der Waals surface area (Å²) in [5, 5.41) is 0. The predicted octanol–water partition coefficient (Wildman–Crippen LogP) is 3.11. The van der Waals surface area contributed by atoms with Gasteiger partial charge in [0.1, 0.15) is 6.10 Å². The molecule has 0 aromatic heterocycles. The number of hydrogen-bond donors (Lipinski definition) is 1. The van der Waals surface area contributed by atoms with Crippen molar-refractivity contribution < 1.29 is 14.2 Å². The smallest absolute Gasteiger partial charge is 0.166 e. The highest BCUT2D eigenvalue weighted by Gasteiger charge is 2.61. The summed E-state index contributed by atoms with van der Waals surface area (Å²) in [5.74, 6) is 1.72. The average Bonchev–Trinajstić information content (AvgIpc) is 2.86. The molecule has 0 amide bonds. The van der Waals surface area contributed by atoms with E-state index in [1.807, 2.05) is 6.07 Å². The molecule has 24 heavy (non-hydrogen) atoms. The summed E-state index contributed by atoms with van der Waals surface area (Å²) >= 11 is 0. The Balaban J connectivity index is 2.02. The summed E-state index contributed by atoms with van der Waals surface area (Å²) < 4.78 is 17.6. The van der Waals surface area contributed by atoms with Gasteiger partial charge in [0.05, 0.1) is 19.1 Å². The molecule has 4 heteroatoms. The van der Waals surface area contributed by atoms with Crippen molar-refractivity contribution in [3.8, 4) is 11.5 Å². The number of methoxy groups -OCH3 is 2. The highest BCUT2D eigenvalue weighted by Crippen LogP contribution is 2.62. The number of nitrogens with two attached hydrogens (primary N) is 1. The Hall–Kier alpha value is -1.52. The van der Waals surface area contributed by atoms with Gasteiger partial charge in [-0.25, -0.2) is 0 Å². The lowest BCUT2D eigenvalue weighted by atomic mass is 9.52. The van der Waals surface area contributed by atoms with Crippen molar-refractivity contribution in [2.75, 3.05) is 20.8 Å². The van der Waals surface area contributed by atoms with Crippen LogP contribution >= 0.6 is 0 Å². The second-order valence-corrected chi connectivity index (χ2v) is 7.38. The molecule has 0 radical (unpaired) electrons. The fourth-order valence-corrected chi connectivity index (χ4v) is 5.35. The summed E-state index contributed by atoms with van der Waals surface area (Å²) in [6.45, 7) is 2.75. The van der Waals surface area contributed by atoms with E-state index in [1.165, 1.54) is 16.7 Å². The van der Waals surface area contributed by atoms with E-state index in [0.29, 0.717) is 6.61 Å². The Morgan fingerprint density at radius 2 is 2.17 bits per heavy atom. The Morgan fingerprint density at radius 3 is 2.88 bits per heavy atom. The maximum absolute atomic E-state index is 6.96. The minimum absolute atomic E-state index is 0.0334. The zero-order valence-corrected chi connectivity index (χ0v) is 14.9. The highest BCUT2D eigenvalue weighted by atomic mass is 16.5. The summed E-state index contributed by atoms with van der Waals surface area (Å²) in [4.78, 5) is 0. The van der Waals surface area contributed by atoms with Crippen LogP contribution in [-0.2, 0) is 16.6 Å². The van der Waals surface area contributed by atoms with Crippen LogP contribution in [0.4, 0.5) is 0 Å². The molecule has 1 aromatic rings. The normalized spacial score (nSPS) is 34.8. The zero-order valence-electron chi connectivity index (χ0n) is 14.9. The van der Waals surface area contributed by atoms with Crippen LogP contribution in [0, 0.1) is 0 Å². The number of benzene rings is 1. The van der Waals surface area contributed by atoms with E-state index >= 15 is 0 Å². The highest BCUT2D eigenvalue weighted by molar-refractivity contribution is 5.66. The van der Waals surface area contributed by atoms with Crippen LogP contribution in [0.5, 0.6) is 11.5 Å². The van der Waals surface area contributed by atoms with Crippen LogP contribution in [0.1, 0.15) is 43.7 Å². The number of ether oxygens (including phenoxy) is 3. The van der Waals surface area contributed by atoms with Crippen LogP contribution in [0.2, 0.25) is 0 Å². The van der Waals surface area contributed by atoms with Crippen molar-refractivity contribution >= 4 is 0 Å². The van der Waals surface area contributed by atoms with Crippen molar-refractivity contribution in [3.05, 3.63) is 34.9 Å². The van der Waals surface area contributed by atoms with Gasteiger partial charge in [-0.1, -0.05) is 19.1 Å². The van der Waals surface area contributed by atoms with E-state index < -0.39 is 0 Å². The lowest BCUT2D eigenvalue weighted by Gasteiger charge is -2.53. The molecule has 130 valence electrons. The molecule has 3 aliphatic rings. The lowest BCUT2D eigenvalue weighted by molar-refractivity contribution is 0.0417. The molecule has 1 aliphatic heterocycles. The standard InChI is InChI=1S/C20H27NO3/c1-4-6-15-19(21)9-5-10-20(15)16(12-22-2)24-18-14(23-3)8-7-13(11-19)17(18)20/h6-8,16H,4-5,9-12,21H2,1-3H3. The fraction of sp³-hybridized carbons (Fsp3) is 0.600. The maximum Gasteiger partial charge on any atom is 0.166 e. The molecule has 0 saturated heterocycles. The molecular formula is C20H27NO3. The van der Waals surface area contributed by atoms with Gasteiger partial charge in [0, 0.05) is 18.2 Å². The van der Waals surface area contributed by atoms with Gasteiger partial charge in [0.25, 0.3) is 0 Å². The van der Waals surface area contributed by atoms with Gasteiger partial charge in [-0.3, -0.25) is 0 Å². The van der Waals surface area contributed by atoms with Gasteiger partial charge in [0.2, 0.25) is 0 Å². The molecule has 1 spiro atoms. The quantitative estimate of drug-likeness (QED) is 0.863. The first-order valence-electron chi connectivity index (χ1n) is 8.96. The predicted molar refractivity (Wildman–Crippen MR) is 93.8 cm³/mol. The molecule has 1 saturated carbocycles. The Morgan fingerprint density at radius 1 is 1.33 bits per heavy atom. The van der Waals surface area contributed by atoms with Gasteiger partial charge in [-0.05, 0) is 49.3 Å². The van der Waals surface area contributed by atoms with Crippen LogP contribution in [0.3, 0.4) is 0 Å². The Labute approximate surface area is 144 Å². The molecule has 4 nitrogen and oxygen atoms in total. The van der Waals surface area contributed by atoms with Gasteiger partial charge in [-0.15, -0.1) is 0 Å². The average molecular weight is 329 g/mol. The summed E-state index contributed by atoms with van der Waals surface area (Å²) in [5.41, 5.74) is 10.5. The molecule has 2 aliphatic carbocycles. The number of rotatable bonds is 4. The van der Waals surface area contributed by atoms with Gasteiger partial charge >= 0.3 is 0 Å². The van der Waals surface area contributed by atoms with Crippen LogP contribution in [0.25, 0.3) is 0 Å². The Bertz CT molecular complexity index is 698. The van der Waals surface area contributed by atoms with Crippen LogP contribution < -0.4 is 15.2 Å². The van der Waals surface area contributed by atoms with E-state index in [-0.39, 0.29) is 17.1 Å². The summed E-state index contributed by atoms with van der Waals surface area (Å²) in [6, 6.07) is 4.20. The lowest BCUT2D eigenvalue weighted by Crippen LogP contribution is -2.60. The third kappa shape index (κ3) is 1.87. The van der Waals surface area contributed by atoms with E-state index in [1.54, 1.807) is 14.2 Å². The molecule has 1 heterocycles. The summed E-state index contributed by atoms with van der Waals surface area (Å²) in [6.07, 6.45) is 7.43. The molecule has 4 rings (SSSR count). The van der Waals surface area contributed by atoms with E-state index in [0.717, 1.165) is 43.6 Å². The third-order valence-electron chi connectivity index (χ3n) is 6.13. The van der Waals surface area contributed by atoms with Crippen molar-refractivity contribution in [2.24, 2.45) is 5.73 Å². The largest absolute Gasteiger partial charge is 0.493 e. The monoisotopic (exact) mass is 329 g/mol. The second-order valence-electron chi connectivity index (χ2n) is 7.38. The van der Waals surface area contributed by atoms with E-state index in [4.69, 9.17) is 19.9 Å². The zero-order chi connectivity index (χ0) is 16.9. The van der Waals surface area contributed by atoms with Crippen LogP contribution in [0.15, 0.2) is 23.8 Å². The second kappa shape index (κ2) is 5.50. The molecule has 1 fully saturated rings. The van der Waals surface area contributed by atoms with Crippen molar-refractivity contribution in [3.63, 3.8) is 0 Å². The number of fused-ring (bicyclic) bond motifs is 1. The number of allylic oxidation sites excluding steroid dienone is 1. The first-order chi connectivity index (χ1) is 11.6. The molecular weight excluding hydrogens is 302 g/mol. The van der Waals surface area contributed by atoms with Crippen LogP contribution in [-0.4, -0.2) is 32.5 Å². The molecule has 3 atom stereocenters. The Kier molecular flexibility index (Phi) is 3.66. The van der Waals surface area contributed by atoms with Crippen molar-refractivity contribution in [1.29, 1.82) is 0 Å². The first kappa shape index (κ1) is 16.0. The van der Waals surface area contributed by atoms with Gasteiger partial charge in [0.15, 0.2) is 11.5 Å². The third-order valence-corrected chi connectivity index (χ3v) is 6.13. The van der Waals surface area contributed by atoms with Gasteiger partial charge in [-0.2, -0.15) is 0 Å². The first-order valence-corrected chi connectivity index (χ1v) is 8.96. The molecule has 3 unspecified atom stereocenters. The topological polar surface area (TPSA) is 53.7 Å². The minimum Gasteiger partial charge on any atom is -0.493 e. The number of hydrogen-bond acceptors (Lipinski definition) is 4. The SMILES string of the molecule is CCC=C1C2(N)CCCC13c1c(ccc(OC)c1OC3COC)C2. The van der Waals surface area contributed by atoms with Crippen molar-refractivity contribution in [2.45, 2.75) is 56.1 Å². The summed E-state index contributed by atoms with van der Waals surface area (Å²) in [7, 11) is 3.45. The maximum atomic E-state index is 6.96. The molecule has 2 bridgehead atoms. The van der Waals surface area contributed by atoms with E-state index in [9.17, 15) is 0 Å².